The summed E-state index contributed by atoms with van der Waals surface area (Å²) >= 11 is 0. The van der Waals surface area contributed by atoms with Crippen molar-refractivity contribution in [2.45, 2.75) is 72.1 Å². The van der Waals surface area contributed by atoms with Crippen LogP contribution in [0.5, 0.6) is 0 Å². The molecule has 1 heteroatoms. The topological polar surface area (TPSA) is 23.8 Å². The average molecular weight is 297 g/mol. The lowest BCUT2D eigenvalue weighted by molar-refractivity contribution is -0.0964. The molecule has 0 N–H and O–H groups in total. The second kappa shape index (κ2) is 4.86. The molecule has 0 unspecified atom stereocenters. The predicted molar refractivity (Wildman–Crippen MR) is 90.0 cm³/mol. The van der Waals surface area contributed by atoms with Crippen molar-refractivity contribution < 1.29 is 0 Å². The lowest BCUT2D eigenvalue weighted by Gasteiger charge is -2.60. The highest BCUT2D eigenvalue weighted by molar-refractivity contribution is 5.35. The number of allylic oxidation sites excluding steroid dienone is 2. The van der Waals surface area contributed by atoms with Crippen LogP contribution in [0.3, 0.4) is 0 Å². The van der Waals surface area contributed by atoms with E-state index in [0.717, 1.165) is 35.2 Å². The number of rotatable bonds is 0. The first kappa shape index (κ1) is 14.8. The number of nitrogens with zero attached hydrogens (tertiary/aromatic N) is 1. The van der Waals surface area contributed by atoms with Gasteiger partial charge in [-0.2, -0.15) is 5.26 Å². The van der Waals surface area contributed by atoms with E-state index in [4.69, 9.17) is 0 Å². The van der Waals surface area contributed by atoms with Crippen LogP contribution in [0.1, 0.15) is 72.1 Å². The van der Waals surface area contributed by atoms with Crippen LogP contribution < -0.4 is 0 Å². The summed E-state index contributed by atoms with van der Waals surface area (Å²) in [4.78, 5) is 0. The fourth-order valence-corrected chi connectivity index (χ4v) is 7.06. The van der Waals surface area contributed by atoms with Gasteiger partial charge in [0.05, 0.1) is 6.07 Å². The summed E-state index contributed by atoms with van der Waals surface area (Å²) in [5.74, 6) is 4.49. The molecule has 0 heterocycles. The fraction of sp³-hybridized carbons (Fsp3) is 0.857. The van der Waals surface area contributed by atoms with Crippen LogP contribution in [0.15, 0.2) is 11.6 Å². The zero-order valence-electron chi connectivity index (χ0n) is 14.6. The SMILES string of the molecule is C[C@H]1CC[C@]2(C)[C@H](CC[C@@H]3C[C@]4(C)C(C#N)=CC[C@H]4C[C@H]32)C1. The summed E-state index contributed by atoms with van der Waals surface area (Å²) in [5.41, 5.74) is 1.92. The molecule has 0 saturated heterocycles. The lowest BCUT2D eigenvalue weighted by atomic mass is 9.45. The van der Waals surface area contributed by atoms with Gasteiger partial charge in [-0.3, -0.25) is 0 Å². The average Bonchev–Trinajstić information content (AvgIpc) is 2.82. The zero-order chi connectivity index (χ0) is 15.5. The van der Waals surface area contributed by atoms with E-state index in [2.05, 4.69) is 32.9 Å². The molecule has 22 heavy (non-hydrogen) atoms. The van der Waals surface area contributed by atoms with Crippen LogP contribution in [-0.2, 0) is 0 Å². The maximum absolute atomic E-state index is 9.52. The number of hydrogen-bond acceptors (Lipinski definition) is 1. The monoisotopic (exact) mass is 297 g/mol. The van der Waals surface area contributed by atoms with Crippen molar-refractivity contribution in [2.24, 2.45) is 40.4 Å². The van der Waals surface area contributed by atoms with Crippen LogP contribution in [-0.4, -0.2) is 0 Å². The van der Waals surface area contributed by atoms with Crippen molar-refractivity contribution in [3.63, 3.8) is 0 Å². The molecule has 0 aromatic carbocycles. The molecule has 4 aliphatic rings. The Labute approximate surface area is 136 Å². The van der Waals surface area contributed by atoms with Gasteiger partial charge in [0.1, 0.15) is 0 Å². The molecule has 0 aromatic heterocycles. The van der Waals surface area contributed by atoms with E-state index in [1.54, 1.807) is 0 Å². The lowest BCUT2D eigenvalue weighted by Crippen LogP contribution is -2.51. The summed E-state index contributed by atoms with van der Waals surface area (Å²) < 4.78 is 0. The molecule has 120 valence electrons. The minimum Gasteiger partial charge on any atom is -0.193 e. The first-order valence-electron chi connectivity index (χ1n) is 9.58. The number of nitriles is 1. The van der Waals surface area contributed by atoms with Crippen LogP contribution in [0, 0.1) is 51.8 Å². The van der Waals surface area contributed by atoms with E-state index in [-0.39, 0.29) is 5.41 Å². The van der Waals surface area contributed by atoms with Crippen LogP contribution in [0.25, 0.3) is 0 Å². The van der Waals surface area contributed by atoms with Crippen LogP contribution >= 0.6 is 0 Å². The van der Waals surface area contributed by atoms with Crippen molar-refractivity contribution in [1.82, 2.24) is 0 Å². The highest BCUT2D eigenvalue weighted by Gasteiger charge is 2.57. The van der Waals surface area contributed by atoms with E-state index >= 15 is 0 Å². The van der Waals surface area contributed by atoms with Gasteiger partial charge in [-0.25, -0.2) is 0 Å². The molecule has 4 aliphatic carbocycles. The molecule has 0 bridgehead atoms. The third-order valence-electron chi connectivity index (χ3n) is 8.57. The maximum atomic E-state index is 9.52. The normalized spacial score (nSPS) is 53.7. The highest BCUT2D eigenvalue weighted by atomic mass is 14.6. The molecule has 0 spiro atoms. The third kappa shape index (κ3) is 1.88. The minimum absolute atomic E-state index is 0.209. The largest absolute Gasteiger partial charge is 0.193 e. The van der Waals surface area contributed by atoms with E-state index in [0.29, 0.717) is 5.41 Å². The van der Waals surface area contributed by atoms with E-state index < -0.39 is 0 Å². The zero-order valence-corrected chi connectivity index (χ0v) is 14.6. The molecule has 4 rings (SSSR count). The first-order chi connectivity index (χ1) is 10.5. The van der Waals surface area contributed by atoms with E-state index in [1.807, 2.05) is 0 Å². The Morgan fingerprint density at radius 1 is 1.14 bits per heavy atom. The Kier molecular flexibility index (Phi) is 3.27. The van der Waals surface area contributed by atoms with Gasteiger partial charge in [0.25, 0.3) is 0 Å². The van der Waals surface area contributed by atoms with Crippen LogP contribution in [0.2, 0.25) is 0 Å². The molecule has 1 nitrogen and oxygen atoms in total. The molecule has 7 atom stereocenters. The molecular weight excluding hydrogens is 266 g/mol. The van der Waals surface area contributed by atoms with Gasteiger partial charge < -0.3 is 0 Å². The summed E-state index contributed by atoms with van der Waals surface area (Å²) in [6.45, 7) is 7.49. The van der Waals surface area contributed by atoms with Gasteiger partial charge >= 0.3 is 0 Å². The van der Waals surface area contributed by atoms with Crippen LogP contribution in [0.4, 0.5) is 0 Å². The molecule has 0 amide bonds. The molecule has 3 fully saturated rings. The molecule has 3 saturated carbocycles. The quantitative estimate of drug-likeness (QED) is 0.560. The van der Waals surface area contributed by atoms with E-state index in [1.165, 1.54) is 51.4 Å². The molecular formula is C21H31N. The summed E-state index contributed by atoms with van der Waals surface area (Å²) in [6.07, 6.45) is 13.4. The Morgan fingerprint density at radius 3 is 2.73 bits per heavy atom. The highest BCUT2D eigenvalue weighted by Crippen LogP contribution is 2.65. The Morgan fingerprint density at radius 2 is 1.95 bits per heavy atom. The predicted octanol–water partition coefficient (Wildman–Crippen LogP) is 5.73. The smallest absolute Gasteiger partial charge is 0.0949 e. The van der Waals surface area contributed by atoms with Crippen molar-refractivity contribution in [1.29, 1.82) is 5.26 Å². The minimum atomic E-state index is 0.209. The second-order valence-electron chi connectivity index (χ2n) is 9.55. The van der Waals surface area contributed by atoms with Crippen molar-refractivity contribution in [3.05, 3.63) is 11.6 Å². The standard InChI is InChI=1S/C21H31N/c1-14-8-9-20(2)16(10-14)5-4-15-12-21(3)17(11-19(15)20)6-7-18(21)13-22/h7,14-17,19H,4-6,8-12H2,1-3H3/t14-,15+,16+,17-,19+,20+,21-/m0/s1. The molecule has 0 aromatic rings. The Hall–Kier alpha value is -0.770. The summed E-state index contributed by atoms with van der Waals surface area (Å²) in [5, 5.41) is 9.52. The molecule has 0 aliphatic heterocycles. The van der Waals surface area contributed by atoms with Gasteiger partial charge in [0.15, 0.2) is 0 Å². The summed E-state index contributed by atoms with van der Waals surface area (Å²) in [7, 11) is 0. The third-order valence-corrected chi connectivity index (χ3v) is 8.57. The van der Waals surface area contributed by atoms with Gasteiger partial charge in [-0.05, 0) is 80.0 Å². The van der Waals surface area contributed by atoms with Crippen molar-refractivity contribution >= 4 is 0 Å². The Balaban J connectivity index is 1.62. The molecule has 0 radical (unpaired) electrons. The first-order valence-corrected chi connectivity index (χ1v) is 9.58. The van der Waals surface area contributed by atoms with Crippen molar-refractivity contribution in [2.75, 3.05) is 0 Å². The van der Waals surface area contributed by atoms with E-state index in [9.17, 15) is 5.26 Å². The van der Waals surface area contributed by atoms with Gasteiger partial charge in [0.2, 0.25) is 0 Å². The van der Waals surface area contributed by atoms with Crippen molar-refractivity contribution in [3.8, 4) is 6.07 Å². The Bertz CT molecular complexity index is 541. The van der Waals surface area contributed by atoms with Gasteiger partial charge in [-0.1, -0.05) is 33.3 Å². The number of fused-ring (bicyclic) bond motifs is 4. The maximum Gasteiger partial charge on any atom is 0.0949 e. The number of hydrogen-bond donors (Lipinski definition) is 0. The van der Waals surface area contributed by atoms with Gasteiger partial charge in [0, 0.05) is 11.0 Å². The second-order valence-corrected chi connectivity index (χ2v) is 9.55. The summed E-state index contributed by atoms with van der Waals surface area (Å²) in [6, 6.07) is 2.53. The fourth-order valence-electron chi connectivity index (χ4n) is 7.06. The van der Waals surface area contributed by atoms with Gasteiger partial charge in [-0.15, -0.1) is 0 Å².